The Morgan fingerprint density at radius 1 is 1.29 bits per heavy atom. The molecular formula is C2H9Cl2N2Ti. The molecule has 0 fully saturated rings. The van der Waals surface area contributed by atoms with Crippen molar-refractivity contribution in [2.24, 2.45) is 0 Å². The Bertz CT molecular complexity index is 27.7. The molecule has 0 aliphatic heterocycles. The topological polar surface area (TPSA) is 15.3 Å². The van der Waals surface area contributed by atoms with Crippen molar-refractivity contribution in [3.63, 3.8) is 0 Å². The van der Waals surface area contributed by atoms with Gasteiger partial charge in [-0.15, -0.1) is 24.8 Å². The van der Waals surface area contributed by atoms with Crippen LogP contribution in [-0.4, -0.2) is 19.1 Å². The minimum atomic E-state index is 0. The average molecular weight is 180 g/mol. The SMILES string of the molecule is CN(C)[NH][Ti].Cl.Cl. The Labute approximate surface area is 68.5 Å². The van der Waals surface area contributed by atoms with Crippen molar-refractivity contribution in [2.45, 2.75) is 0 Å². The number of rotatable bonds is 1. The molecule has 0 atom stereocenters. The van der Waals surface area contributed by atoms with Gasteiger partial charge >= 0.3 is 43.7 Å². The van der Waals surface area contributed by atoms with Crippen LogP contribution in [0.5, 0.6) is 0 Å². The summed E-state index contributed by atoms with van der Waals surface area (Å²) in [6.45, 7) is 0. The van der Waals surface area contributed by atoms with Crippen molar-refractivity contribution in [1.82, 2.24) is 8.92 Å². The van der Waals surface area contributed by atoms with Gasteiger partial charge in [-0.2, -0.15) is 0 Å². The smallest absolute Gasteiger partial charge is 0.147 e. The zero-order valence-corrected chi connectivity index (χ0v) is 7.46. The van der Waals surface area contributed by atoms with Crippen LogP contribution < -0.4 is 3.91 Å². The van der Waals surface area contributed by atoms with Gasteiger partial charge in [0.1, 0.15) is 0 Å². The molecule has 0 amide bonds. The first-order valence-corrected chi connectivity index (χ1v) is 2.15. The summed E-state index contributed by atoms with van der Waals surface area (Å²) in [5.41, 5.74) is 0. The van der Waals surface area contributed by atoms with Crippen molar-refractivity contribution in [2.75, 3.05) is 14.1 Å². The predicted molar refractivity (Wildman–Crippen MR) is 31.3 cm³/mol. The third-order valence-electron chi connectivity index (χ3n) is 0.224. The van der Waals surface area contributed by atoms with Crippen LogP contribution in [0, 0.1) is 0 Å². The Hall–Kier alpha value is 1.21. The van der Waals surface area contributed by atoms with Gasteiger partial charge in [-0.25, -0.2) is 0 Å². The summed E-state index contributed by atoms with van der Waals surface area (Å²) in [5, 5.41) is 1.88. The van der Waals surface area contributed by atoms with Crippen molar-refractivity contribution < 1.29 is 20.7 Å². The monoisotopic (exact) mass is 179 g/mol. The standard InChI is InChI=1S/C2H7N2.2ClH.Ti/c1-4(2)3;;;/h3H,1-2H3;2*1H;/q-1;;;+1. The molecule has 0 heterocycles. The second-order valence-electron chi connectivity index (χ2n) is 1.01. The van der Waals surface area contributed by atoms with Crippen LogP contribution in [0.25, 0.3) is 0 Å². The second-order valence-corrected chi connectivity index (χ2v) is 1.36. The van der Waals surface area contributed by atoms with Crippen molar-refractivity contribution in [3.8, 4) is 0 Å². The van der Waals surface area contributed by atoms with Gasteiger partial charge in [-0.3, -0.25) is 0 Å². The summed E-state index contributed by atoms with van der Waals surface area (Å²) in [4.78, 5) is 0. The van der Waals surface area contributed by atoms with Gasteiger partial charge in [0.05, 0.1) is 0 Å². The summed E-state index contributed by atoms with van der Waals surface area (Å²) in [7, 11) is 3.89. The largest absolute Gasteiger partial charge is 0.147 e. The molecule has 0 aliphatic rings. The Morgan fingerprint density at radius 2 is 1.43 bits per heavy atom. The van der Waals surface area contributed by atoms with E-state index >= 15 is 0 Å². The Kier molecular flexibility index (Phi) is 23.0. The minimum absolute atomic E-state index is 0. The molecule has 0 radical (unpaired) electrons. The molecule has 0 bridgehead atoms. The molecule has 5 heteroatoms. The summed E-state index contributed by atoms with van der Waals surface area (Å²) in [5.74, 6) is 0. The zero-order valence-electron chi connectivity index (χ0n) is 4.26. The molecular weight excluding hydrogens is 171 g/mol. The molecule has 2 nitrogen and oxygen atoms in total. The minimum Gasteiger partial charge on any atom is -0.147 e. The molecule has 0 saturated carbocycles. The number of nitrogens with one attached hydrogen (secondary N) is 1. The van der Waals surface area contributed by atoms with E-state index in [-0.39, 0.29) is 24.8 Å². The van der Waals surface area contributed by atoms with E-state index in [0.29, 0.717) is 0 Å². The molecule has 0 saturated heterocycles. The molecule has 0 aliphatic carbocycles. The van der Waals surface area contributed by atoms with Crippen LogP contribution in [0.3, 0.4) is 0 Å². The third kappa shape index (κ3) is 19.0. The van der Waals surface area contributed by atoms with Gasteiger partial charge in [0, 0.05) is 0 Å². The number of hydrogen-bond donors (Lipinski definition) is 1. The zero-order chi connectivity index (χ0) is 4.28. The van der Waals surface area contributed by atoms with E-state index in [9.17, 15) is 0 Å². The van der Waals surface area contributed by atoms with Gasteiger partial charge in [-0.05, 0) is 0 Å². The number of nitrogens with zero attached hydrogens (tertiary/aromatic N) is 1. The Balaban J connectivity index is -0.0000000800. The summed E-state index contributed by atoms with van der Waals surface area (Å²) in [6, 6.07) is 0. The molecule has 45 valence electrons. The molecule has 0 aromatic heterocycles. The molecule has 7 heavy (non-hydrogen) atoms. The van der Waals surface area contributed by atoms with E-state index in [4.69, 9.17) is 0 Å². The van der Waals surface area contributed by atoms with Crippen LogP contribution in [0.2, 0.25) is 0 Å². The van der Waals surface area contributed by atoms with Gasteiger partial charge in [0.25, 0.3) is 0 Å². The fourth-order valence-corrected chi connectivity index (χ4v) is 0. The summed E-state index contributed by atoms with van der Waals surface area (Å²) < 4.78 is 2.86. The predicted octanol–water partition coefficient (Wildman–Crippen LogP) is 0.358. The van der Waals surface area contributed by atoms with Gasteiger partial charge < -0.3 is 0 Å². The van der Waals surface area contributed by atoms with Gasteiger partial charge in [0.2, 0.25) is 0 Å². The fraction of sp³-hybridized carbons (Fsp3) is 1.00. The quantitative estimate of drug-likeness (QED) is 0.462. The molecule has 0 aromatic carbocycles. The van der Waals surface area contributed by atoms with Crippen LogP contribution >= 0.6 is 24.8 Å². The molecule has 0 unspecified atom stereocenters. The van der Waals surface area contributed by atoms with E-state index in [1.54, 1.807) is 0 Å². The van der Waals surface area contributed by atoms with Crippen LogP contribution in [0.4, 0.5) is 0 Å². The van der Waals surface area contributed by atoms with Crippen LogP contribution in [0.15, 0.2) is 0 Å². The molecule has 0 rings (SSSR count). The third-order valence-corrected chi connectivity index (χ3v) is 0.922. The van der Waals surface area contributed by atoms with Crippen molar-refractivity contribution >= 4 is 24.8 Å². The van der Waals surface area contributed by atoms with E-state index in [1.807, 2.05) is 39.8 Å². The first kappa shape index (κ1) is 15.7. The van der Waals surface area contributed by atoms with Crippen molar-refractivity contribution in [1.29, 1.82) is 0 Å². The van der Waals surface area contributed by atoms with Crippen LogP contribution in [0.1, 0.15) is 0 Å². The van der Waals surface area contributed by atoms with Gasteiger partial charge in [-0.1, -0.05) is 0 Å². The number of hydrazine groups is 1. The molecule has 0 spiro atoms. The van der Waals surface area contributed by atoms with E-state index in [0.717, 1.165) is 0 Å². The van der Waals surface area contributed by atoms with E-state index in [1.165, 1.54) is 0 Å². The fourth-order valence-electron chi connectivity index (χ4n) is 0. The van der Waals surface area contributed by atoms with E-state index in [2.05, 4.69) is 3.91 Å². The van der Waals surface area contributed by atoms with Gasteiger partial charge in [0.15, 0.2) is 0 Å². The maximum Gasteiger partial charge on any atom is -0.147 e. The second kappa shape index (κ2) is 10.2. The summed E-state index contributed by atoms with van der Waals surface area (Å²) in [6.07, 6.45) is 0. The first-order valence-electron chi connectivity index (χ1n) is 1.37. The first-order chi connectivity index (χ1) is 2.27. The Morgan fingerprint density at radius 3 is 1.43 bits per heavy atom. The van der Waals surface area contributed by atoms with Crippen molar-refractivity contribution in [3.05, 3.63) is 0 Å². The maximum absolute atomic E-state index is 2.86. The summed E-state index contributed by atoms with van der Waals surface area (Å²) >= 11 is 1.88. The average Bonchev–Trinajstić information content (AvgIpc) is 1.38. The molecule has 0 aromatic rings. The normalized spacial score (nSPS) is 6.57. The molecule has 1 N–H and O–H groups in total. The number of halogens is 2. The number of hydrogen-bond acceptors (Lipinski definition) is 2. The van der Waals surface area contributed by atoms with E-state index < -0.39 is 0 Å². The maximum atomic E-state index is 2.86. The van der Waals surface area contributed by atoms with Crippen LogP contribution in [-0.2, 0) is 20.7 Å².